The molecule has 0 heterocycles. The van der Waals surface area contributed by atoms with Crippen LogP contribution >= 0.6 is 0 Å². The molecule has 0 amide bonds. The van der Waals surface area contributed by atoms with E-state index in [-0.39, 0.29) is 0 Å². The first-order valence-corrected chi connectivity index (χ1v) is 5.52. The van der Waals surface area contributed by atoms with Crippen LogP contribution in [0.2, 0.25) is 0 Å². The average Bonchev–Trinajstić information content (AvgIpc) is 2.21. The fourth-order valence-electron chi connectivity index (χ4n) is 1.06. The van der Waals surface area contributed by atoms with Gasteiger partial charge in [0.2, 0.25) is 0 Å². The van der Waals surface area contributed by atoms with Crippen molar-refractivity contribution in [3.8, 4) is 11.8 Å². The minimum absolute atomic E-state index is 0.407. The molecule has 0 saturated carbocycles. The van der Waals surface area contributed by atoms with Crippen LogP contribution in [0.15, 0.2) is 0 Å². The molecule has 0 rings (SSSR count). The van der Waals surface area contributed by atoms with Crippen molar-refractivity contribution in [3.63, 3.8) is 0 Å². The number of carboxylic acid groups (broad SMARTS) is 1. The van der Waals surface area contributed by atoms with Crippen LogP contribution < -0.4 is 0 Å². The van der Waals surface area contributed by atoms with Gasteiger partial charge in [0.15, 0.2) is 6.10 Å². The van der Waals surface area contributed by atoms with E-state index in [1.807, 2.05) is 0 Å². The Bertz CT molecular complexity index is 225. The van der Waals surface area contributed by atoms with E-state index in [9.17, 15) is 4.79 Å². The molecule has 0 aromatic heterocycles. The van der Waals surface area contributed by atoms with E-state index in [0.29, 0.717) is 19.4 Å². The Kier molecular flexibility index (Phi) is 8.90. The smallest absolute Gasteiger partial charge is 0.332 e. The highest BCUT2D eigenvalue weighted by Crippen LogP contribution is 1.98. The normalized spacial score (nSPS) is 11.6. The fourth-order valence-corrected chi connectivity index (χ4v) is 1.06. The van der Waals surface area contributed by atoms with Gasteiger partial charge in [-0.1, -0.05) is 20.3 Å². The summed E-state index contributed by atoms with van der Waals surface area (Å²) in [5, 5.41) is 8.68. The fraction of sp³-hybridized carbons (Fsp3) is 0.750. The third-order valence-electron chi connectivity index (χ3n) is 1.97. The Morgan fingerprint density at radius 1 is 1.33 bits per heavy atom. The molecule has 0 radical (unpaired) electrons. The van der Waals surface area contributed by atoms with Gasteiger partial charge < -0.3 is 9.84 Å². The van der Waals surface area contributed by atoms with E-state index < -0.39 is 12.1 Å². The highest BCUT2D eigenvalue weighted by molar-refractivity contribution is 5.72. The van der Waals surface area contributed by atoms with Crippen LogP contribution in [0.25, 0.3) is 0 Å². The number of ether oxygens (including phenoxy) is 1. The van der Waals surface area contributed by atoms with Gasteiger partial charge in [-0.2, -0.15) is 0 Å². The first-order valence-electron chi connectivity index (χ1n) is 5.52. The topological polar surface area (TPSA) is 46.5 Å². The van der Waals surface area contributed by atoms with Crippen molar-refractivity contribution in [1.82, 2.24) is 0 Å². The van der Waals surface area contributed by atoms with E-state index in [4.69, 9.17) is 9.84 Å². The van der Waals surface area contributed by atoms with Crippen molar-refractivity contribution < 1.29 is 14.6 Å². The highest BCUT2D eigenvalue weighted by atomic mass is 16.5. The molecule has 3 heteroatoms. The number of unbranched alkanes of at least 4 members (excludes halogenated alkanes) is 2. The van der Waals surface area contributed by atoms with Crippen LogP contribution in [-0.2, 0) is 9.53 Å². The minimum atomic E-state index is -0.892. The van der Waals surface area contributed by atoms with Crippen molar-refractivity contribution in [2.45, 2.75) is 52.1 Å². The number of carboxylic acids is 1. The number of aliphatic carboxylic acids is 1. The Morgan fingerprint density at radius 2 is 2.00 bits per heavy atom. The second-order valence-corrected chi connectivity index (χ2v) is 3.31. The van der Waals surface area contributed by atoms with Gasteiger partial charge in [-0.15, -0.1) is 11.8 Å². The molecule has 3 nitrogen and oxygen atoms in total. The molecule has 15 heavy (non-hydrogen) atoms. The summed E-state index contributed by atoms with van der Waals surface area (Å²) < 4.78 is 5.16. The van der Waals surface area contributed by atoms with E-state index in [0.717, 1.165) is 19.3 Å². The second-order valence-electron chi connectivity index (χ2n) is 3.31. The van der Waals surface area contributed by atoms with Crippen molar-refractivity contribution in [2.75, 3.05) is 6.61 Å². The van der Waals surface area contributed by atoms with Crippen molar-refractivity contribution in [3.05, 3.63) is 0 Å². The summed E-state index contributed by atoms with van der Waals surface area (Å²) in [6.07, 6.45) is 3.64. The van der Waals surface area contributed by atoms with Gasteiger partial charge in [0.25, 0.3) is 0 Å². The van der Waals surface area contributed by atoms with Gasteiger partial charge in [0.05, 0.1) is 6.61 Å². The average molecular weight is 212 g/mol. The first kappa shape index (κ1) is 14.0. The first-order chi connectivity index (χ1) is 7.22. The summed E-state index contributed by atoms with van der Waals surface area (Å²) in [6.45, 7) is 4.33. The molecule has 1 unspecified atom stereocenters. The Morgan fingerprint density at radius 3 is 2.53 bits per heavy atom. The number of hydrogen-bond donors (Lipinski definition) is 1. The number of hydrogen-bond acceptors (Lipinski definition) is 2. The Hall–Kier alpha value is -1.01. The molecule has 0 aliphatic carbocycles. The highest BCUT2D eigenvalue weighted by Gasteiger charge is 2.13. The zero-order valence-corrected chi connectivity index (χ0v) is 9.58. The Balaban J connectivity index is 3.50. The monoisotopic (exact) mass is 212 g/mol. The summed E-state index contributed by atoms with van der Waals surface area (Å²) in [5.41, 5.74) is 0. The second kappa shape index (κ2) is 9.54. The molecule has 86 valence electrons. The molecule has 0 aromatic rings. The molecular weight excluding hydrogens is 192 g/mol. The third kappa shape index (κ3) is 8.02. The number of carbonyl (C=O) groups is 1. The predicted octanol–water partition coefficient (Wildman–Crippen LogP) is 2.45. The predicted molar refractivity (Wildman–Crippen MR) is 59.6 cm³/mol. The molecular formula is C12H20O3. The summed E-state index contributed by atoms with van der Waals surface area (Å²) in [4.78, 5) is 10.6. The molecule has 0 aliphatic heterocycles. The van der Waals surface area contributed by atoms with Crippen molar-refractivity contribution >= 4 is 5.97 Å². The van der Waals surface area contributed by atoms with E-state index in [1.54, 1.807) is 6.92 Å². The maximum atomic E-state index is 10.6. The van der Waals surface area contributed by atoms with E-state index in [1.165, 1.54) is 0 Å². The molecule has 1 N–H and O–H groups in total. The Labute approximate surface area is 91.8 Å². The van der Waals surface area contributed by atoms with Crippen LogP contribution in [0.3, 0.4) is 0 Å². The largest absolute Gasteiger partial charge is 0.479 e. The lowest BCUT2D eigenvalue weighted by atomic mass is 10.2. The molecule has 0 aromatic carbocycles. The van der Waals surface area contributed by atoms with Gasteiger partial charge >= 0.3 is 5.97 Å². The lowest BCUT2D eigenvalue weighted by Crippen LogP contribution is -2.23. The van der Waals surface area contributed by atoms with Crippen molar-refractivity contribution in [1.29, 1.82) is 0 Å². The molecule has 0 spiro atoms. The standard InChI is InChI=1S/C12H20O3/c1-3-5-6-7-8-9-10-15-11(4-2)12(13)14/h11H,3-6,9-10H2,1-2H3,(H,13,14). The molecule has 1 atom stereocenters. The number of rotatable bonds is 7. The van der Waals surface area contributed by atoms with Crippen molar-refractivity contribution in [2.24, 2.45) is 0 Å². The van der Waals surface area contributed by atoms with Gasteiger partial charge in [0, 0.05) is 12.8 Å². The van der Waals surface area contributed by atoms with Crippen LogP contribution in [0, 0.1) is 11.8 Å². The molecule has 0 bridgehead atoms. The SMILES string of the molecule is CCCCC#CCCOC(CC)C(=O)O. The van der Waals surface area contributed by atoms with E-state index in [2.05, 4.69) is 18.8 Å². The molecule has 0 fully saturated rings. The van der Waals surface area contributed by atoms with Gasteiger partial charge in [-0.05, 0) is 12.8 Å². The van der Waals surface area contributed by atoms with Crippen LogP contribution in [0.5, 0.6) is 0 Å². The van der Waals surface area contributed by atoms with E-state index >= 15 is 0 Å². The molecule has 0 aliphatic rings. The maximum Gasteiger partial charge on any atom is 0.332 e. The zero-order chi connectivity index (χ0) is 11.5. The maximum absolute atomic E-state index is 10.6. The quantitative estimate of drug-likeness (QED) is 0.521. The van der Waals surface area contributed by atoms with Crippen LogP contribution in [0.1, 0.15) is 46.0 Å². The lowest BCUT2D eigenvalue weighted by Gasteiger charge is -2.09. The van der Waals surface area contributed by atoms with Crippen LogP contribution in [-0.4, -0.2) is 23.8 Å². The van der Waals surface area contributed by atoms with Gasteiger partial charge in [0.1, 0.15) is 0 Å². The summed E-state index contributed by atoms with van der Waals surface area (Å²) >= 11 is 0. The minimum Gasteiger partial charge on any atom is -0.479 e. The van der Waals surface area contributed by atoms with Gasteiger partial charge in [-0.3, -0.25) is 0 Å². The van der Waals surface area contributed by atoms with Crippen LogP contribution in [0.4, 0.5) is 0 Å². The lowest BCUT2D eigenvalue weighted by molar-refractivity contribution is -0.150. The summed E-state index contributed by atoms with van der Waals surface area (Å²) in [7, 11) is 0. The zero-order valence-electron chi connectivity index (χ0n) is 9.58. The molecule has 0 saturated heterocycles. The summed E-state index contributed by atoms with van der Waals surface area (Å²) in [5.74, 6) is 5.11. The third-order valence-corrected chi connectivity index (χ3v) is 1.97. The summed E-state index contributed by atoms with van der Waals surface area (Å²) in [6, 6.07) is 0. The van der Waals surface area contributed by atoms with Gasteiger partial charge in [-0.25, -0.2) is 4.79 Å².